The zero-order valence-corrected chi connectivity index (χ0v) is 11.4. The number of nitrogens with two attached hydrogens (primary N) is 1. The van der Waals surface area contributed by atoms with Gasteiger partial charge in [-0.2, -0.15) is 16.7 Å². The monoisotopic (exact) mass is 255 g/mol. The molecule has 1 aromatic rings. The van der Waals surface area contributed by atoms with Crippen molar-refractivity contribution in [2.24, 2.45) is 5.73 Å². The van der Waals surface area contributed by atoms with E-state index in [1.807, 2.05) is 11.8 Å². The van der Waals surface area contributed by atoms with Crippen LogP contribution in [0.5, 0.6) is 0 Å². The summed E-state index contributed by atoms with van der Waals surface area (Å²) in [5, 5.41) is 4.65. The predicted octanol–water partition coefficient (Wildman–Crippen LogP) is 2.70. The Balaban J connectivity index is 1.89. The van der Waals surface area contributed by atoms with E-state index in [0.717, 1.165) is 43.2 Å². The molecule has 4 nitrogen and oxygen atoms in total. The molecular weight excluding hydrogens is 234 g/mol. The smallest absolute Gasteiger partial charge is 0.229 e. The normalized spacial score (nSPS) is 25.4. The highest BCUT2D eigenvalue weighted by molar-refractivity contribution is 7.99. The molecule has 1 aliphatic rings. The van der Waals surface area contributed by atoms with E-state index in [1.165, 1.54) is 0 Å². The van der Waals surface area contributed by atoms with Crippen LogP contribution in [0.4, 0.5) is 0 Å². The molecule has 0 spiro atoms. The standard InChI is InChI=1S/C12H21N3OS/c1-8(2)17-7-11-14-12(16-15-11)9-3-5-10(13)6-4-9/h8-10H,3-7,13H2,1-2H3. The summed E-state index contributed by atoms with van der Waals surface area (Å²) >= 11 is 1.84. The summed E-state index contributed by atoms with van der Waals surface area (Å²) < 4.78 is 5.36. The molecule has 1 fully saturated rings. The Labute approximate surface area is 107 Å². The Hall–Kier alpha value is -0.550. The number of hydrogen-bond donors (Lipinski definition) is 1. The van der Waals surface area contributed by atoms with Gasteiger partial charge in [0, 0.05) is 12.0 Å². The van der Waals surface area contributed by atoms with Crippen LogP contribution in [0.25, 0.3) is 0 Å². The van der Waals surface area contributed by atoms with Crippen LogP contribution >= 0.6 is 11.8 Å². The van der Waals surface area contributed by atoms with Crippen molar-refractivity contribution >= 4 is 11.8 Å². The van der Waals surface area contributed by atoms with Gasteiger partial charge in [-0.3, -0.25) is 0 Å². The van der Waals surface area contributed by atoms with Crippen LogP contribution in [0.15, 0.2) is 4.52 Å². The van der Waals surface area contributed by atoms with Gasteiger partial charge in [-0.15, -0.1) is 0 Å². The highest BCUT2D eigenvalue weighted by Gasteiger charge is 2.24. The van der Waals surface area contributed by atoms with Gasteiger partial charge in [0.05, 0.1) is 5.75 Å². The van der Waals surface area contributed by atoms with Crippen LogP contribution in [-0.2, 0) is 5.75 Å². The maximum Gasteiger partial charge on any atom is 0.229 e. The maximum atomic E-state index is 5.89. The van der Waals surface area contributed by atoms with E-state index >= 15 is 0 Å². The van der Waals surface area contributed by atoms with E-state index < -0.39 is 0 Å². The molecule has 2 rings (SSSR count). The van der Waals surface area contributed by atoms with Crippen LogP contribution in [0, 0.1) is 0 Å². The molecule has 17 heavy (non-hydrogen) atoms. The third kappa shape index (κ3) is 3.71. The van der Waals surface area contributed by atoms with Gasteiger partial charge < -0.3 is 10.3 Å². The maximum absolute atomic E-state index is 5.89. The first-order valence-electron chi connectivity index (χ1n) is 6.35. The molecule has 1 aliphatic carbocycles. The topological polar surface area (TPSA) is 64.9 Å². The third-order valence-electron chi connectivity index (χ3n) is 3.15. The molecule has 96 valence electrons. The minimum absolute atomic E-state index is 0.366. The highest BCUT2D eigenvalue weighted by Crippen LogP contribution is 2.31. The van der Waals surface area contributed by atoms with E-state index in [1.54, 1.807) is 0 Å². The summed E-state index contributed by atoms with van der Waals surface area (Å²) in [6.07, 6.45) is 4.31. The van der Waals surface area contributed by atoms with Crippen molar-refractivity contribution in [1.82, 2.24) is 10.1 Å². The second kappa shape index (κ2) is 5.87. The Morgan fingerprint density at radius 3 is 2.71 bits per heavy atom. The SMILES string of the molecule is CC(C)SCc1noc(C2CCC(N)CC2)n1. The second-order valence-electron chi connectivity index (χ2n) is 5.02. The minimum Gasteiger partial charge on any atom is -0.339 e. The van der Waals surface area contributed by atoms with Gasteiger partial charge in [0.15, 0.2) is 5.82 Å². The van der Waals surface area contributed by atoms with Crippen molar-refractivity contribution < 1.29 is 4.52 Å². The molecule has 2 N–H and O–H groups in total. The van der Waals surface area contributed by atoms with E-state index in [-0.39, 0.29) is 0 Å². The van der Waals surface area contributed by atoms with Crippen LogP contribution in [0.3, 0.4) is 0 Å². The molecule has 0 unspecified atom stereocenters. The number of thioether (sulfide) groups is 1. The Kier molecular flexibility index (Phi) is 4.45. The van der Waals surface area contributed by atoms with E-state index in [0.29, 0.717) is 17.2 Å². The molecule has 0 aliphatic heterocycles. The van der Waals surface area contributed by atoms with Crippen LogP contribution in [0.1, 0.15) is 57.2 Å². The largest absolute Gasteiger partial charge is 0.339 e. The molecular formula is C12H21N3OS. The van der Waals surface area contributed by atoms with E-state index in [9.17, 15) is 0 Å². The van der Waals surface area contributed by atoms with E-state index in [2.05, 4.69) is 24.0 Å². The van der Waals surface area contributed by atoms with Crippen molar-refractivity contribution in [3.63, 3.8) is 0 Å². The van der Waals surface area contributed by atoms with Crippen molar-refractivity contribution in [2.45, 2.75) is 62.5 Å². The Morgan fingerprint density at radius 2 is 2.06 bits per heavy atom. The summed E-state index contributed by atoms with van der Waals surface area (Å²) in [5.74, 6) is 2.91. The summed E-state index contributed by atoms with van der Waals surface area (Å²) in [4.78, 5) is 4.49. The average Bonchev–Trinajstić information content (AvgIpc) is 2.76. The molecule has 0 amide bonds. The lowest BCUT2D eigenvalue weighted by atomic mass is 9.86. The lowest BCUT2D eigenvalue weighted by molar-refractivity contribution is 0.300. The third-order valence-corrected chi connectivity index (χ3v) is 4.24. The molecule has 1 saturated carbocycles. The molecule has 0 atom stereocenters. The average molecular weight is 255 g/mol. The number of hydrogen-bond acceptors (Lipinski definition) is 5. The predicted molar refractivity (Wildman–Crippen MR) is 69.9 cm³/mol. The van der Waals surface area contributed by atoms with Gasteiger partial charge in [-0.05, 0) is 30.9 Å². The number of aromatic nitrogens is 2. The molecule has 0 radical (unpaired) electrons. The van der Waals surface area contributed by atoms with Crippen molar-refractivity contribution in [3.05, 3.63) is 11.7 Å². The van der Waals surface area contributed by atoms with Gasteiger partial charge in [-0.25, -0.2) is 0 Å². The van der Waals surface area contributed by atoms with Gasteiger partial charge in [-0.1, -0.05) is 19.0 Å². The van der Waals surface area contributed by atoms with Gasteiger partial charge >= 0.3 is 0 Å². The molecule has 0 bridgehead atoms. The molecule has 5 heteroatoms. The number of nitrogens with zero attached hydrogens (tertiary/aromatic N) is 2. The van der Waals surface area contributed by atoms with Crippen molar-refractivity contribution in [2.75, 3.05) is 0 Å². The summed E-state index contributed by atoms with van der Waals surface area (Å²) in [6, 6.07) is 0.366. The lowest BCUT2D eigenvalue weighted by Crippen LogP contribution is -2.25. The highest BCUT2D eigenvalue weighted by atomic mass is 32.2. The van der Waals surface area contributed by atoms with E-state index in [4.69, 9.17) is 10.3 Å². The summed E-state index contributed by atoms with van der Waals surface area (Å²) in [6.45, 7) is 4.35. The lowest BCUT2D eigenvalue weighted by Gasteiger charge is -2.22. The van der Waals surface area contributed by atoms with Gasteiger partial charge in [0.1, 0.15) is 0 Å². The zero-order chi connectivity index (χ0) is 12.3. The summed E-state index contributed by atoms with van der Waals surface area (Å²) in [7, 11) is 0. The molecule has 1 aromatic heterocycles. The van der Waals surface area contributed by atoms with Crippen LogP contribution in [-0.4, -0.2) is 21.4 Å². The number of rotatable bonds is 4. The quantitative estimate of drug-likeness (QED) is 0.896. The second-order valence-corrected chi connectivity index (χ2v) is 6.59. The van der Waals surface area contributed by atoms with Gasteiger partial charge in [0.2, 0.25) is 5.89 Å². The van der Waals surface area contributed by atoms with Crippen molar-refractivity contribution in [3.8, 4) is 0 Å². The fourth-order valence-corrected chi connectivity index (χ4v) is 2.70. The first-order valence-corrected chi connectivity index (χ1v) is 7.39. The fourth-order valence-electron chi connectivity index (χ4n) is 2.10. The first kappa shape index (κ1) is 12.9. The molecule has 0 saturated heterocycles. The van der Waals surface area contributed by atoms with Gasteiger partial charge in [0.25, 0.3) is 0 Å². The fraction of sp³-hybridized carbons (Fsp3) is 0.833. The Morgan fingerprint density at radius 1 is 1.35 bits per heavy atom. The summed E-state index contributed by atoms with van der Waals surface area (Å²) in [5.41, 5.74) is 5.89. The molecule has 0 aromatic carbocycles. The van der Waals surface area contributed by atoms with Crippen LogP contribution < -0.4 is 5.73 Å². The van der Waals surface area contributed by atoms with Crippen LogP contribution in [0.2, 0.25) is 0 Å². The Bertz CT molecular complexity index is 345. The first-order chi connectivity index (χ1) is 8.15. The minimum atomic E-state index is 0.366. The molecule has 1 heterocycles. The van der Waals surface area contributed by atoms with Crippen molar-refractivity contribution in [1.29, 1.82) is 0 Å². The zero-order valence-electron chi connectivity index (χ0n) is 10.6.